The molecule has 5 rings (SSSR count). The van der Waals surface area contributed by atoms with Crippen LogP contribution in [0.1, 0.15) is 35.7 Å². The third-order valence-corrected chi connectivity index (χ3v) is 8.24. The number of hydrogen-bond acceptors (Lipinski definition) is 6. The highest BCUT2D eigenvalue weighted by Gasteiger charge is 2.32. The summed E-state index contributed by atoms with van der Waals surface area (Å²) in [6.07, 6.45) is 1.63. The van der Waals surface area contributed by atoms with Gasteiger partial charge in [0.05, 0.1) is 23.0 Å². The minimum absolute atomic E-state index is 0.0624. The summed E-state index contributed by atoms with van der Waals surface area (Å²) in [5, 5.41) is 2.90. The van der Waals surface area contributed by atoms with Gasteiger partial charge in [-0.25, -0.2) is 18.4 Å². The van der Waals surface area contributed by atoms with Crippen molar-refractivity contribution in [2.75, 3.05) is 12.4 Å². The molecule has 8 nitrogen and oxygen atoms in total. The van der Waals surface area contributed by atoms with Crippen molar-refractivity contribution in [1.82, 2.24) is 14.5 Å². The van der Waals surface area contributed by atoms with E-state index in [0.29, 0.717) is 34.5 Å². The Kier molecular flexibility index (Phi) is 6.86. The smallest absolute Gasteiger partial charge is 0.256 e. The number of fused-ring (bicyclic) bond motifs is 2. The zero-order valence-electron chi connectivity index (χ0n) is 21.4. The lowest BCUT2D eigenvalue weighted by Crippen LogP contribution is -2.18. The first-order valence-corrected chi connectivity index (χ1v) is 13.9. The summed E-state index contributed by atoms with van der Waals surface area (Å²) in [5.41, 5.74) is 3.15. The molecule has 0 radical (unpaired) electrons. The molecule has 0 fully saturated rings. The summed E-state index contributed by atoms with van der Waals surface area (Å²) in [4.78, 5) is 23.0. The van der Waals surface area contributed by atoms with E-state index in [2.05, 4.69) is 5.32 Å². The van der Waals surface area contributed by atoms with E-state index in [1.165, 1.54) is 0 Å². The molecule has 3 aromatic carbocycles. The fourth-order valence-corrected chi connectivity index (χ4v) is 5.88. The third-order valence-electron chi connectivity index (χ3n) is 6.43. The van der Waals surface area contributed by atoms with Gasteiger partial charge in [-0.1, -0.05) is 43.2 Å². The van der Waals surface area contributed by atoms with Gasteiger partial charge in [0.25, 0.3) is 5.91 Å². The summed E-state index contributed by atoms with van der Waals surface area (Å²) >= 11 is 0. The molecule has 1 amide bonds. The number of anilines is 1. The maximum atomic E-state index is 14.2. The van der Waals surface area contributed by atoms with Crippen molar-refractivity contribution in [1.29, 1.82) is 0 Å². The van der Waals surface area contributed by atoms with Crippen molar-refractivity contribution in [2.24, 2.45) is 0 Å². The molecule has 5 aromatic rings. The zero-order chi connectivity index (χ0) is 26.9. The quantitative estimate of drug-likeness (QED) is 0.274. The van der Waals surface area contributed by atoms with E-state index in [9.17, 15) is 13.2 Å². The molecule has 2 aromatic heterocycles. The summed E-state index contributed by atoms with van der Waals surface area (Å²) in [6, 6.07) is 20.6. The monoisotopic (exact) mass is 528 g/mol. The topological polar surface area (TPSA) is 103 Å². The number of para-hydroxylation sites is 2. The van der Waals surface area contributed by atoms with Gasteiger partial charge in [0, 0.05) is 12.1 Å². The fourth-order valence-electron chi connectivity index (χ4n) is 4.34. The van der Waals surface area contributed by atoms with Gasteiger partial charge in [0.2, 0.25) is 9.84 Å². The number of aromatic nitrogens is 3. The number of sulfone groups is 1. The van der Waals surface area contributed by atoms with Gasteiger partial charge < -0.3 is 14.6 Å². The lowest BCUT2D eigenvalue weighted by Gasteiger charge is -2.13. The van der Waals surface area contributed by atoms with Crippen molar-refractivity contribution < 1.29 is 17.9 Å². The van der Waals surface area contributed by atoms with Crippen LogP contribution < -0.4 is 10.1 Å². The van der Waals surface area contributed by atoms with Gasteiger partial charge in [0.15, 0.2) is 5.65 Å². The maximum absolute atomic E-state index is 14.2. The van der Waals surface area contributed by atoms with Crippen LogP contribution in [0.25, 0.3) is 22.2 Å². The molecule has 0 saturated carbocycles. The first-order valence-electron chi connectivity index (χ1n) is 12.4. The number of hydrogen-bond donors (Lipinski definition) is 1. The second kappa shape index (κ2) is 10.3. The number of ether oxygens (including phenoxy) is 1. The Morgan fingerprint density at radius 2 is 1.61 bits per heavy atom. The molecule has 0 saturated heterocycles. The average Bonchev–Trinajstić information content (AvgIpc) is 3.22. The first kappa shape index (κ1) is 25.4. The number of nitrogens with zero attached hydrogens (tertiary/aromatic N) is 3. The van der Waals surface area contributed by atoms with Crippen LogP contribution in [0.15, 0.2) is 82.6 Å². The molecule has 0 aliphatic rings. The van der Waals surface area contributed by atoms with Crippen molar-refractivity contribution in [3.8, 4) is 5.75 Å². The molecule has 1 N–H and O–H groups in total. The van der Waals surface area contributed by atoms with Crippen LogP contribution in [0, 0.1) is 6.92 Å². The largest absolute Gasteiger partial charge is 0.497 e. The maximum Gasteiger partial charge on any atom is 0.256 e. The summed E-state index contributed by atoms with van der Waals surface area (Å²) in [5.74, 6) is 0.324. The van der Waals surface area contributed by atoms with E-state index in [-0.39, 0.29) is 21.1 Å². The molecule has 0 bridgehead atoms. The van der Waals surface area contributed by atoms with Gasteiger partial charge in [-0.15, -0.1) is 0 Å². The predicted octanol–water partition coefficient (Wildman–Crippen LogP) is 5.79. The average molecular weight is 529 g/mol. The van der Waals surface area contributed by atoms with E-state index in [4.69, 9.17) is 14.7 Å². The Morgan fingerprint density at radius 3 is 2.24 bits per heavy atom. The number of methoxy groups -OCH3 is 1. The van der Waals surface area contributed by atoms with E-state index in [1.54, 1.807) is 66.3 Å². The summed E-state index contributed by atoms with van der Waals surface area (Å²) < 4.78 is 35.3. The van der Waals surface area contributed by atoms with Gasteiger partial charge in [-0.05, 0) is 61.9 Å². The third kappa shape index (κ3) is 4.61. The second-order valence-electron chi connectivity index (χ2n) is 9.07. The number of nitrogens with one attached hydrogen (secondary N) is 1. The number of unbranched alkanes of at least 4 members (excludes halogenated alkanes) is 1. The molecule has 9 heteroatoms. The van der Waals surface area contributed by atoms with Gasteiger partial charge in [0.1, 0.15) is 22.0 Å². The summed E-state index contributed by atoms with van der Waals surface area (Å²) in [6.45, 7) is 4.40. The highest BCUT2D eigenvalue weighted by molar-refractivity contribution is 7.92. The lowest BCUT2D eigenvalue weighted by molar-refractivity contribution is 0.102. The molecule has 0 unspecified atom stereocenters. The number of aryl methyl sites for hydroxylation is 2. The Hall–Kier alpha value is -4.24. The fraction of sp³-hybridized carbons (Fsp3) is 0.207. The normalized spacial score (nSPS) is 11.7. The molecule has 0 aliphatic carbocycles. The molecule has 0 spiro atoms. The van der Waals surface area contributed by atoms with E-state index < -0.39 is 15.7 Å². The number of carbonyl (C=O) groups excluding carboxylic acids is 1. The molecule has 38 heavy (non-hydrogen) atoms. The lowest BCUT2D eigenvalue weighted by atomic mass is 10.2. The number of rotatable bonds is 8. The molecule has 0 atom stereocenters. The SMILES string of the molecule is CCCCn1c(NC(=O)c2ccc(OC)cc2)c(S(=O)(=O)c2ccc(C)cc2)c2nc3ccccc3nc21. The molecule has 0 aliphatic heterocycles. The van der Waals surface area contributed by atoms with Crippen molar-refractivity contribution in [3.05, 3.63) is 83.9 Å². The highest BCUT2D eigenvalue weighted by atomic mass is 32.2. The minimum atomic E-state index is -4.08. The van der Waals surface area contributed by atoms with Gasteiger partial charge >= 0.3 is 0 Å². The molecule has 2 heterocycles. The minimum Gasteiger partial charge on any atom is -0.497 e. The van der Waals surface area contributed by atoms with E-state index in [1.807, 2.05) is 32.0 Å². The van der Waals surface area contributed by atoms with Crippen molar-refractivity contribution in [2.45, 2.75) is 43.0 Å². The Morgan fingerprint density at radius 1 is 0.947 bits per heavy atom. The van der Waals surface area contributed by atoms with E-state index in [0.717, 1.165) is 18.4 Å². The van der Waals surface area contributed by atoms with Crippen LogP contribution in [-0.2, 0) is 16.4 Å². The predicted molar refractivity (Wildman–Crippen MR) is 148 cm³/mol. The van der Waals surface area contributed by atoms with Crippen LogP contribution in [0.4, 0.5) is 5.82 Å². The number of carbonyl (C=O) groups is 1. The number of benzene rings is 3. The highest BCUT2D eigenvalue weighted by Crippen LogP contribution is 2.37. The van der Waals surface area contributed by atoms with Crippen LogP contribution in [-0.4, -0.2) is 36.0 Å². The Bertz CT molecular complexity index is 1740. The zero-order valence-corrected chi connectivity index (χ0v) is 22.2. The molecular formula is C29H28N4O4S. The first-order chi connectivity index (χ1) is 18.3. The summed E-state index contributed by atoms with van der Waals surface area (Å²) in [7, 11) is -2.53. The Balaban J connectivity index is 1.78. The standard InChI is InChI=1S/C29H28N4O4S/c1-4-5-18-33-27-25(30-23-8-6-7-9-24(23)31-27)26(38(35,36)22-16-10-19(2)11-17-22)28(33)32-29(34)20-12-14-21(37-3)15-13-20/h6-17H,4-5,18H2,1-3H3,(H,32,34). The molecule has 194 valence electrons. The van der Waals surface area contributed by atoms with Crippen LogP contribution in [0.2, 0.25) is 0 Å². The van der Waals surface area contributed by atoms with Crippen molar-refractivity contribution >= 4 is 43.8 Å². The van der Waals surface area contributed by atoms with Crippen LogP contribution in [0.5, 0.6) is 5.75 Å². The Labute approximate surface area is 221 Å². The van der Waals surface area contributed by atoms with Crippen LogP contribution >= 0.6 is 0 Å². The second-order valence-corrected chi connectivity index (χ2v) is 11.0. The van der Waals surface area contributed by atoms with Gasteiger partial charge in [-0.3, -0.25) is 4.79 Å². The molecular weight excluding hydrogens is 500 g/mol. The van der Waals surface area contributed by atoms with Gasteiger partial charge in [-0.2, -0.15) is 0 Å². The van der Waals surface area contributed by atoms with Crippen LogP contribution in [0.3, 0.4) is 0 Å². The number of amides is 1. The van der Waals surface area contributed by atoms with E-state index >= 15 is 0 Å². The van der Waals surface area contributed by atoms with Crippen molar-refractivity contribution in [3.63, 3.8) is 0 Å².